The second kappa shape index (κ2) is 13.0. The maximum atomic E-state index is 5.49. The van der Waals surface area contributed by atoms with Gasteiger partial charge in [-0.25, -0.2) is 4.98 Å². The molecule has 0 saturated carbocycles. The van der Waals surface area contributed by atoms with Gasteiger partial charge in [0, 0.05) is 32.4 Å². The lowest BCUT2D eigenvalue weighted by atomic mass is 10.2. The van der Waals surface area contributed by atoms with E-state index in [2.05, 4.69) is 27.5 Å². The Morgan fingerprint density at radius 1 is 1.00 bits per heavy atom. The second-order valence-electron chi connectivity index (χ2n) is 5.82. The van der Waals surface area contributed by atoms with Gasteiger partial charge in [0.1, 0.15) is 0 Å². The molecule has 0 atom stereocenters. The van der Waals surface area contributed by atoms with Crippen LogP contribution in [0.4, 0.5) is 0 Å². The monoisotopic (exact) mass is 500 g/mol. The van der Waals surface area contributed by atoms with Gasteiger partial charge >= 0.3 is 0 Å². The summed E-state index contributed by atoms with van der Waals surface area (Å²) >= 11 is 0. The molecule has 28 heavy (non-hydrogen) atoms. The van der Waals surface area contributed by atoms with Crippen molar-refractivity contribution in [2.75, 3.05) is 27.9 Å². The molecule has 0 unspecified atom stereocenters. The van der Waals surface area contributed by atoms with Gasteiger partial charge in [-0.05, 0) is 29.7 Å². The molecular weight excluding hydrogens is 471 g/mol. The number of halogens is 1. The zero-order chi connectivity index (χ0) is 19.5. The number of guanidine groups is 1. The number of aromatic nitrogens is 1. The van der Waals surface area contributed by atoms with E-state index in [9.17, 15) is 0 Å². The summed E-state index contributed by atoms with van der Waals surface area (Å²) in [7, 11) is 4.99. The minimum Gasteiger partial charge on any atom is -0.493 e. The van der Waals surface area contributed by atoms with Crippen molar-refractivity contribution in [2.24, 2.45) is 4.99 Å². The lowest BCUT2D eigenvalue weighted by Crippen LogP contribution is -2.36. The molecule has 0 spiro atoms. The van der Waals surface area contributed by atoms with E-state index < -0.39 is 0 Å². The first-order chi connectivity index (χ1) is 13.2. The average molecular weight is 500 g/mol. The third-order valence-corrected chi connectivity index (χ3v) is 3.84. The van der Waals surface area contributed by atoms with E-state index in [0.29, 0.717) is 43.0 Å². The Balaban J connectivity index is 0.00000392. The van der Waals surface area contributed by atoms with Crippen molar-refractivity contribution in [1.82, 2.24) is 15.6 Å². The van der Waals surface area contributed by atoms with Gasteiger partial charge in [0.05, 0.1) is 20.8 Å². The van der Waals surface area contributed by atoms with Crippen LogP contribution in [-0.2, 0) is 13.1 Å². The van der Waals surface area contributed by atoms with Crippen molar-refractivity contribution < 1.29 is 14.2 Å². The molecule has 8 heteroatoms. The number of hydrogen-bond donors (Lipinski definition) is 2. The second-order valence-corrected chi connectivity index (χ2v) is 5.82. The lowest BCUT2D eigenvalue weighted by Gasteiger charge is -2.13. The van der Waals surface area contributed by atoms with Gasteiger partial charge in [-0.1, -0.05) is 19.1 Å². The van der Waals surface area contributed by atoms with Gasteiger partial charge in [0.2, 0.25) is 5.88 Å². The summed E-state index contributed by atoms with van der Waals surface area (Å²) in [5.41, 5.74) is 2.11. The Morgan fingerprint density at radius 2 is 1.68 bits per heavy atom. The lowest BCUT2D eigenvalue weighted by molar-refractivity contribution is 0.305. The van der Waals surface area contributed by atoms with Crippen molar-refractivity contribution in [1.29, 1.82) is 0 Å². The molecule has 2 N–H and O–H groups in total. The highest BCUT2D eigenvalue weighted by Gasteiger charge is 2.05. The fourth-order valence-electron chi connectivity index (χ4n) is 2.39. The van der Waals surface area contributed by atoms with Gasteiger partial charge in [-0.3, -0.25) is 4.99 Å². The molecule has 2 rings (SSSR count). The third kappa shape index (κ3) is 7.41. The van der Waals surface area contributed by atoms with Crippen LogP contribution in [0.25, 0.3) is 0 Å². The molecule has 1 heterocycles. The first-order valence-corrected chi connectivity index (χ1v) is 8.93. The number of nitrogens with zero attached hydrogens (tertiary/aromatic N) is 2. The van der Waals surface area contributed by atoms with E-state index in [1.807, 2.05) is 30.3 Å². The largest absolute Gasteiger partial charge is 0.493 e. The summed E-state index contributed by atoms with van der Waals surface area (Å²) in [6, 6.07) is 9.69. The Bertz CT molecular complexity index is 739. The smallest absolute Gasteiger partial charge is 0.213 e. The molecule has 0 aliphatic rings. The molecule has 0 aliphatic carbocycles. The Kier molecular flexibility index (Phi) is 11.1. The van der Waals surface area contributed by atoms with Gasteiger partial charge < -0.3 is 24.8 Å². The minimum atomic E-state index is 0. The Hall–Kier alpha value is -2.23. The quantitative estimate of drug-likeness (QED) is 0.313. The van der Waals surface area contributed by atoms with Crippen molar-refractivity contribution in [2.45, 2.75) is 26.4 Å². The molecule has 1 aromatic heterocycles. The van der Waals surface area contributed by atoms with Gasteiger partial charge in [0.15, 0.2) is 17.5 Å². The number of rotatable bonds is 9. The van der Waals surface area contributed by atoms with E-state index in [0.717, 1.165) is 17.5 Å². The first-order valence-electron chi connectivity index (χ1n) is 8.93. The Labute approximate surface area is 183 Å². The normalized spacial score (nSPS) is 10.6. The van der Waals surface area contributed by atoms with Crippen LogP contribution < -0.4 is 24.8 Å². The molecular formula is C20H29IN4O3. The summed E-state index contributed by atoms with van der Waals surface area (Å²) in [6.07, 6.45) is 2.77. The summed E-state index contributed by atoms with van der Waals surface area (Å²) in [6.45, 7) is 3.98. The van der Waals surface area contributed by atoms with Crippen LogP contribution >= 0.6 is 24.0 Å². The molecule has 7 nitrogen and oxygen atoms in total. The highest BCUT2D eigenvalue weighted by Crippen LogP contribution is 2.27. The Morgan fingerprint density at radius 3 is 2.25 bits per heavy atom. The van der Waals surface area contributed by atoms with Crippen LogP contribution in [0.3, 0.4) is 0 Å². The summed E-state index contributed by atoms with van der Waals surface area (Å²) < 4.78 is 16.1. The predicted octanol–water partition coefficient (Wildman–Crippen LogP) is 3.37. The summed E-state index contributed by atoms with van der Waals surface area (Å²) in [4.78, 5) is 8.55. The maximum Gasteiger partial charge on any atom is 0.213 e. The van der Waals surface area contributed by atoms with Crippen LogP contribution in [0.5, 0.6) is 17.4 Å². The van der Waals surface area contributed by atoms with Crippen molar-refractivity contribution in [3.05, 3.63) is 47.7 Å². The molecule has 0 fully saturated rings. The van der Waals surface area contributed by atoms with Crippen LogP contribution in [0.1, 0.15) is 24.5 Å². The molecule has 1 aromatic carbocycles. The summed E-state index contributed by atoms with van der Waals surface area (Å²) in [5, 5.41) is 6.55. The number of ether oxygens (including phenoxy) is 3. The number of hydrogen-bond acceptors (Lipinski definition) is 5. The highest BCUT2D eigenvalue weighted by molar-refractivity contribution is 14.0. The van der Waals surface area contributed by atoms with Gasteiger partial charge in [0.25, 0.3) is 0 Å². The van der Waals surface area contributed by atoms with Crippen molar-refractivity contribution in [3.63, 3.8) is 0 Å². The van der Waals surface area contributed by atoms with E-state index in [-0.39, 0.29) is 24.0 Å². The van der Waals surface area contributed by atoms with Crippen LogP contribution in [0.15, 0.2) is 41.5 Å². The number of nitrogens with one attached hydrogen (secondary N) is 2. The molecule has 154 valence electrons. The SMILES string of the molecule is CCCOc1ccc(CNC(=NC)NCc2ccc(OC)c(OC)c2)cn1.I. The van der Waals surface area contributed by atoms with Crippen molar-refractivity contribution in [3.8, 4) is 17.4 Å². The van der Waals surface area contributed by atoms with Crippen LogP contribution in [-0.4, -0.2) is 38.8 Å². The molecule has 0 aliphatic heterocycles. The minimum absolute atomic E-state index is 0. The fraction of sp³-hybridized carbons (Fsp3) is 0.400. The summed E-state index contributed by atoms with van der Waals surface area (Å²) in [5.74, 6) is 2.77. The molecule has 0 radical (unpaired) electrons. The van der Waals surface area contributed by atoms with Crippen LogP contribution in [0, 0.1) is 0 Å². The number of pyridine rings is 1. The van der Waals surface area contributed by atoms with Crippen molar-refractivity contribution >= 4 is 29.9 Å². The predicted molar refractivity (Wildman–Crippen MR) is 122 cm³/mol. The average Bonchev–Trinajstić information content (AvgIpc) is 2.72. The highest BCUT2D eigenvalue weighted by atomic mass is 127. The maximum absolute atomic E-state index is 5.49. The third-order valence-electron chi connectivity index (χ3n) is 3.84. The fourth-order valence-corrected chi connectivity index (χ4v) is 2.39. The van der Waals surface area contributed by atoms with E-state index >= 15 is 0 Å². The number of aliphatic imine (C=N–C) groups is 1. The van der Waals surface area contributed by atoms with Gasteiger partial charge in [-0.2, -0.15) is 0 Å². The van der Waals surface area contributed by atoms with Crippen LogP contribution in [0.2, 0.25) is 0 Å². The van der Waals surface area contributed by atoms with E-state index in [1.54, 1.807) is 27.5 Å². The zero-order valence-electron chi connectivity index (χ0n) is 16.8. The number of methoxy groups -OCH3 is 2. The van der Waals surface area contributed by atoms with E-state index in [1.165, 1.54) is 0 Å². The standard InChI is InChI=1S/C20H28N4O3.HI/c1-5-10-27-19-9-7-16(13-22-19)14-24-20(21-2)23-12-15-6-8-17(25-3)18(11-15)26-4;/h6-9,11,13H,5,10,12,14H2,1-4H3,(H2,21,23,24);1H. The van der Waals surface area contributed by atoms with Gasteiger partial charge in [-0.15, -0.1) is 24.0 Å². The van der Waals surface area contributed by atoms with E-state index in [4.69, 9.17) is 14.2 Å². The topological polar surface area (TPSA) is 77.0 Å². The zero-order valence-corrected chi connectivity index (χ0v) is 19.2. The number of benzene rings is 1. The molecule has 0 saturated heterocycles. The first kappa shape index (κ1) is 23.8. The molecule has 0 amide bonds. The molecule has 0 bridgehead atoms. The molecule has 2 aromatic rings.